The third-order valence-corrected chi connectivity index (χ3v) is 2.69. The van der Waals surface area contributed by atoms with Crippen molar-refractivity contribution in [1.29, 1.82) is 0 Å². The molecule has 0 aromatic rings. The fourth-order valence-corrected chi connectivity index (χ4v) is 1.43. The third kappa shape index (κ3) is 5.59. The average molecular weight is 171 g/mol. The molecular formula is C11H25N. The Morgan fingerprint density at radius 1 is 1.00 bits per heavy atom. The van der Waals surface area contributed by atoms with Crippen LogP contribution in [0.5, 0.6) is 0 Å². The first-order valence-electron chi connectivity index (χ1n) is 5.47. The van der Waals surface area contributed by atoms with E-state index in [1.54, 1.807) is 0 Å². The van der Waals surface area contributed by atoms with Gasteiger partial charge in [-0.05, 0) is 31.7 Å². The molecule has 0 heterocycles. The molecule has 0 aliphatic rings. The minimum atomic E-state index is 0.754. The Balaban J connectivity index is 3.43. The first-order chi connectivity index (χ1) is 5.74. The van der Waals surface area contributed by atoms with Crippen molar-refractivity contribution in [1.82, 2.24) is 5.32 Å². The molecule has 1 N–H and O–H groups in total. The molecule has 12 heavy (non-hydrogen) atoms. The molecule has 0 aromatic carbocycles. The van der Waals surface area contributed by atoms with Crippen LogP contribution in [0, 0.1) is 5.92 Å². The van der Waals surface area contributed by atoms with Crippen molar-refractivity contribution in [3.63, 3.8) is 0 Å². The van der Waals surface area contributed by atoms with Gasteiger partial charge in [-0.25, -0.2) is 0 Å². The summed E-state index contributed by atoms with van der Waals surface area (Å²) < 4.78 is 0. The largest absolute Gasteiger partial charge is 0.314 e. The molecule has 0 rings (SSSR count). The SMILES string of the molecule is CCN[C@H](CC)CC[C@H](C)CC. The van der Waals surface area contributed by atoms with Crippen LogP contribution >= 0.6 is 0 Å². The molecule has 0 aliphatic carbocycles. The van der Waals surface area contributed by atoms with E-state index < -0.39 is 0 Å². The van der Waals surface area contributed by atoms with Crippen molar-refractivity contribution in [2.45, 2.75) is 59.4 Å². The summed E-state index contributed by atoms with van der Waals surface area (Å²) >= 11 is 0. The lowest BCUT2D eigenvalue weighted by atomic mass is 9.98. The Labute approximate surface area is 77.9 Å². The van der Waals surface area contributed by atoms with Gasteiger partial charge in [-0.3, -0.25) is 0 Å². The van der Waals surface area contributed by atoms with Crippen molar-refractivity contribution >= 4 is 0 Å². The smallest absolute Gasteiger partial charge is 0.00644 e. The zero-order valence-electron chi connectivity index (χ0n) is 9.19. The van der Waals surface area contributed by atoms with Crippen LogP contribution in [0.3, 0.4) is 0 Å². The Morgan fingerprint density at radius 2 is 1.67 bits per heavy atom. The van der Waals surface area contributed by atoms with Crippen LogP contribution in [0.25, 0.3) is 0 Å². The molecule has 0 amide bonds. The highest BCUT2D eigenvalue weighted by Gasteiger charge is 2.06. The van der Waals surface area contributed by atoms with Gasteiger partial charge in [0.15, 0.2) is 0 Å². The van der Waals surface area contributed by atoms with E-state index in [9.17, 15) is 0 Å². The van der Waals surface area contributed by atoms with Crippen molar-refractivity contribution in [3.8, 4) is 0 Å². The highest BCUT2D eigenvalue weighted by Crippen LogP contribution is 2.12. The van der Waals surface area contributed by atoms with Gasteiger partial charge in [-0.2, -0.15) is 0 Å². The minimum absolute atomic E-state index is 0.754. The maximum Gasteiger partial charge on any atom is 0.00644 e. The molecule has 0 aliphatic heterocycles. The van der Waals surface area contributed by atoms with E-state index >= 15 is 0 Å². The fourth-order valence-electron chi connectivity index (χ4n) is 1.43. The topological polar surface area (TPSA) is 12.0 Å². The lowest BCUT2D eigenvalue weighted by Gasteiger charge is -2.17. The summed E-state index contributed by atoms with van der Waals surface area (Å²) in [5, 5.41) is 3.51. The molecule has 0 radical (unpaired) electrons. The lowest BCUT2D eigenvalue weighted by Crippen LogP contribution is -2.28. The highest BCUT2D eigenvalue weighted by atomic mass is 14.9. The molecule has 0 fully saturated rings. The second-order valence-electron chi connectivity index (χ2n) is 3.75. The molecule has 1 heteroatoms. The zero-order chi connectivity index (χ0) is 9.40. The number of nitrogens with one attached hydrogen (secondary N) is 1. The first-order valence-corrected chi connectivity index (χ1v) is 5.47. The number of hydrogen-bond acceptors (Lipinski definition) is 1. The predicted octanol–water partition coefficient (Wildman–Crippen LogP) is 3.20. The van der Waals surface area contributed by atoms with Crippen LogP contribution in [0.4, 0.5) is 0 Å². The van der Waals surface area contributed by atoms with E-state index in [0.29, 0.717) is 0 Å². The minimum Gasteiger partial charge on any atom is -0.314 e. The maximum absolute atomic E-state index is 3.51. The monoisotopic (exact) mass is 171 g/mol. The molecule has 0 unspecified atom stereocenters. The molecule has 0 saturated carbocycles. The van der Waals surface area contributed by atoms with Crippen LogP contribution in [0.1, 0.15) is 53.4 Å². The molecule has 2 atom stereocenters. The Kier molecular flexibility index (Phi) is 7.58. The van der Waals surface area contributed by atoms with Gasteiger partial charge in [0.25, 0.3) is 0 Å². The van der Waals surface area contributed by atoms with E-state index in [2.05, 4.69) is 33.0 Å². The van der Waals surface area contributed by atoms with Gasteiger partial charge >= 0.3 is 0 Å². The third-order valence-electron chi connectivity index (χ3n) is 2.69. The van der Waals surface area contributed by atoms with E-state index in [1.165, 1.54) is 25.7 Å². The molecule has 0 saturated heterocycles. The summed E-state index contributed by atoms with van der Waals surface area (Å²) in [6.45, 7) is 10.2. The number of hydrogen-bond donors (Lipinski definition) is 1. The Bertz CT molecular complexity index is 91.0. The van der Waals surface area contributed by atoms with Crippen LogP contribution in [-0.2, 0) is 0 Å². The summed E-state index contributed by atoms with van der Waals surface area (Å²) in [7, 11) is 0. The summed E-state index contributed by atoms with van der Waals surface area (Å²) in [4.78, 5) is 0. The van der Waals surface area contributed by atoms with Crippen molar-refractivity contribution < 1.29 is 0 Å². The van der Waals surface area contributed by atoms with Crippen LogP contribution in [0.15, 0.2) is 0 Å². The predicted molar refractivity (Wildman–Crippen MR) is 56.4 cm³/mol. The Hall–Kier alpha value is -0.0400. The zero-order valence-corrected chi connectivity index (χ0v) is 9.19. The van der Waals surface area contributed by atoms with Crippen LogP contribution in [-0.4, -0.2) is 12.6 Å². The van der Waals surface area contributed by atoms with Crippen LogP contribution < -0.4 is 5.32 Å². The van der Waals surface area contributed by atoms with E-state index in [1.807, 2.05) is 0 Å². The quantitative estimate of drug-likeness (QED) is 0.620. The summed E-state index contributed by atoms with van der Waals surface area (Å²) in [6, 6.07) is 0.754. The van der Waals surface area contributed by atoms with Crippen molar-refractivity contribution in [2.75, 3.05) is 6.54 Å². The van der Waals surface area contributed by atoms with Gasteiger partial charge in [-0.15, -0.1) is 0 Å². The normalized spacial score (nSPS) is 16.0. The van der Waals surface area contributed by atoms with E-state index in [4.69, 9.17) is 0 Å². The van der Waals surface area contributed by atoms with Gasteiger partial charge in [0.05, 0.1) is 0 Å². The van der Waals surface area contributed by atoms with Crippen molar-refractivity contribution in [3.05, 3.63) is 0 Å². The van der Waals surface area contributed by atoms with Gasteiger partial charge in [0.1, 0.15) is 0 Å². The van der Waals surface area contributed by atoms with Gasteiger partial charge in [0.2, 0.25) is 0 Å². The summed E-state index contributed by atoms with van der Waals surface area (Å²) in [5.41, 5.74) is 0. The second kappa shape index (κ2) is 7.60. The first kappa shape index (κ1) is 12.0. The van der Waals surface area contributed by atoms with Gasteiger partial charge in [-0.1, -0.05) is 34.1 Å². The molecule has 74 valence electrons. The van der Waals surface area contributed by atoms with E-state index in [-0.39, 0.29) is 0 Å². The molecule has 1 nitrogen and oxygen atoms in total. The molecule has 0 aromatic heterocycles. The fraction of sp³-hybridized carbons (Fsp3) is 1.00. The Morgan fingerprint density at radius 3 is 2.08 bits per heavy atom. The van der Waals surface area contributed by atoms with Gasteiger partial charge in [0, 0.05) is 6.04 Å². The molecule has 0 spiro atoms. The molecular weight excluding hydrogens is 146 g/mol. The lowest BCUT2D eigenvalue weighted by molar-refractivity contribution is 0.408. The summed E-state index contributed by atoms with van der Waals surface area (Å²) in [6.07, 6.45) is 5.31. The summed E-state index contributed by atoms with van der Waals surface area (Å²) in [5.74, 6) is 0.901. The molecule has 0 bridgehead atoms. The van der Waals surface area contributed by atoms with Gasteiger partial charge < -0.3 is 5.32 Å². The maximum atomic E-state index is 3.51. The highest BCUT2D eigenvalue weighted by molar-refractivity contribution is 4.65. The second-order valence-corrected chi connectivity index (χ2v) is 3.75. The van der Waals surface area contributed by atoms with Crippen LogP contribution in [0.2, 0.25) is 0 Å². The van der Waals surface area contributed by atoms with Crippen molar-refractivity contribution in [2.24, 2.45) is 5.92 Å². The number of rotatable bonds is 7. The average Bonchev–Trinajstić information content (AvgIpc) is 2.11. The standard InChI is InChI=1S/C11H25N/c1-5-10(4)8-9-11(6-2)12-7-3/h10-12H,5-9H2,1-4H3/t10-,11-/m1/s1. The van der Waals surface area contributed by atoms with E-state index in [0.717, 1.165) is 18.5 Å².